The highest BCUT2D eigenvalue weighted by Crippen LogP contribution is 2.25. The molecule has 0 fully saturated rings. The molecule has 0 aliphatic rings. The predicted molar refractivity (Wildman–Crippen MR) is 69.9 cm³/mol. The van der Waals surface area contributed by atoms with Crippen molar-refractivity contribution in [3.8, 4) is 5.75 Å². The second kappa shape index (κ2) is 5.80. The summed E-state index contributed by atoms with van der Waals surface area (Å²) in [4.78, 5) is 4.33. The topological polar surface area (TPSA) is 51.6 Å². The number of ether oxygens (including phenoxy) is 2. The Labute approximate surface area is 106 Å². The summed E-state index contributed by atoms with van der Waals surface area (Å²) in [5.74, 6) is 0.686. The first-order valence-electron chi connectivity index (χ1n) is 5.86. The van der Waals surface area contributed by atoms with Gasteiger partial charge in [-0.2, -0.15) is 0 Å². The number of aromatic nitrogens is 1. The third-order valence-electron chi connectivity index (χ3n) is 2.74. The van der Waals surface area contributed by atoms with Gasteiger partial charge in [0.15, 0.2) is 0 Å². The van der Waals surface area contributed by atoms with E-state index in [0.29, 0.717) is 5.75 Å². The Hall–Kier alpha value is -1.65. The van der Waals surface area contributed by atoms with Crippen LogP contribution >= 0.6 is 0 Å². The number of pyridine rings is 1. The highest BCUT2D eigenvalue weighted by Gasteiger charge is 2.08. The number of fused-ring (bicyclic) bond motifs is 1. The van der Waals surface area contributed by atoms with Gasteiger partial charge in [-0.1, -0.05) is 12.1 Å². The molecule has 0 aliphatic carbocycles. The summed E-state index contributed by atoms with van der Waals surface area (Å²) < 4.78 is 10.4. The lowest BCUT2D eigenvalue weighted by Crippen LogP contribution is -2.22. The summed E-state index contributed by atoms with van der Waals surface area (Å²) in [6.45, 7) is 2.49. The maximum atomic E-state index is 9.57. The molecule has 2 aromatic rings. The number of hydrogen-bond acceptors (Lipinski definition) is 4. The monoisotopic (exact) mass is 247 g/mol. The molecule has 0 saturated heterocycles. The molecule has 0 spiro atoms. The van der Waals surface area contributed by atoms with Crippen molar-refractivity contribution in [1.82, 2.24) is 4.98 Å². The van der Waals surface area contributed by atoms with Gasteiger partial charge in [0.25, 0.3) is 0 Å². The van der Waals surface area contributed by atoms with E-state index in [1.165, 1.54) is 0 Å². The Kier molecular flexibility index (Phi) is 4.12. The molecule has 96 valence electrons. The van der Waals surface area contributed by atoms with Gasteiger partial charge in [-0.25, -0.2) is 0 Å². The van der Waals surface area contributed by atoms with E-state index in [1.54, 1.807) is 13.3 Å². The average molecular weight is 247 g/mol. The maximum absolute atomic E-state index is 9.57. The molecule has 18 heavy (non-hydrogen) atoms. The van der Waals surface area contributed by atoms with Crippen LogP contribution in [0.25, 0.3) is 10.9 Å². The summed E-state index contributed by atoms with van der Waals surface area (Å²) >= 11 is 0. The third-order valence-corrected chi connectivity index (χ3v) is 2.74. The molecule has 0 aliphatic heterocycles. The first-order chi connectivity index (χ1) is 8.72. The second-order valence-electron chi connectivity index (χ2n) is 4.20. The van der Waals surface area contributed by atoms with Crippen LogP contribution in [0.15, 0.2) is 30.5 Å². The average Bonchev–Trinajstić information content (AvgIpc) is 2.37. The Morgan fingerprint density at radius 2 is 2.11 bits per heavy atom. The highest BCUT2D eigenvalue weighted by atomic mass is 16.5. The maximum Gasteiger partial charge on any atom is 0.145 e. The molecule has 2 rings (SSSR count). The number of aliphatic hydroxyl groups excluding tert-OH is 1. The molecule has 1 atom stereocenters. The molecule has 1 N–H and O–H groups in total. The zero-order valence-corrected chi connectivity index (χ0v) is 10.6. The number of aliphatic hydroxyl groups is 1. The number of rotatable bonds is 5. The van der Waals surface area contributed by atoms with Gasteiger partial charge in [0, 0.05) is 18.7 Å². The van der Waals surface area contributed by atoms with Gasteiger partial charge < -0.3 is 14.6 Å². The van der Waals surface area contributed by atoms with Crippen LogP contribution < -0.4 is 4.74 Å². The SMILES string of the molecule is COC[C@H](O)COc1cccc2c(C)ccnc12. The van der Waals surface area contributed by atoms with Gasteiger partial charge in [0.2, 0.25) is 0 Å². The van der Waals surface area contributed by atoms with Gasteiger partial charge in [0.05, 0.1) is 6.61 Å². The molecule has 0 amide bonds. The van der Waals surface area contributed by atoms with Crippen LogP contribution in [0, 0.1) is 6.92 Å². The number of aryl methyl sites for hydroxylation is 1. The van der Waals surface area contributed by atoms with E-state index in [4.69, 9.17) is 9.47 Å². The number of para-hydroxylation sites is 1. The standard InChI is InChI=1S/C14H17NO3/c1-10-6-7-15-14-12(10)4-3-5-13(14)18-9-11(16)8-17-2/h3-7,11,16H,8-9H2,1-2H3/t11-/m0/s1. The predicted octanol–water partition coefficient (Wildman–Crippen LogP) is 1.93. The van der Waals surface area contributed by atoms with Gasteiger partial charge in [0.1, 0.15) is 24.0 Å². The van der Waals surface area contributed by atoms with Crippen molar-refractivity contribution in [2.24, 2.45) is 0 Å². The smallest absolute Gasteiger partial charge is 0.145 e. The Morgan fingerprint density at radius 1 is 1.28 bits per heavy atom. The molecular formula is C14H17NO3. The molecule has 1 heterocycles. The first-order valence-corrected chi connectivity index (χ1v) is 5.86. The Bertz CT molecular complexity index is 527. The van der Waals surface area contributed by atoms with E-state index < -0.39 is 6.10 Å². The van der Waals surface area contributed by atoms with E-state index >= 15 is 0 Å². The molecule has 0 saturated carbocycles. The largest absolute Gasteiger partial charge is 0.489 e. The van der Waals surface area contributed by atoms with Crippen LogP contribution in [0.4, 0.5) is 0 Å². The number of hydrogen-bond donors (Lipinski definition) is 1. The van der Waals surface area contributed by atoms with E-state index in [1.807, 2.05) is 31.2 Å². The van der Waals surface area contributed by atoms with Crippen LogP contribution in [0.5, 0.6) is 5.75 Å². The van der Waals surface area contributed by atoms with Crippen LogP contribution in [-0.2, 0) is 4.74 Å². The van der Waals surface area contributed by atoms with Crippen molar-refractivity contribution >= 4 is 10.9 Å². The van der Waals surface area contributed by atoms with Crippen LogP contribution in [0.3, 0.4) is 0 Å². The fourth-order valence-electron chi connectivity index (χ4n) is 1.83. The van der Waals surface area contributed by atoms with Crippen molar-refractivity contribution in [2.45, 2.75) is 13.0 Å². The second-order valence-corrected chi connectivity index (χ2v) is 4.20. The van der Waals surface area contributed by atoms with Crippen LogP contribution in [0.1, 0.15) is 5.56 Å². The molecule has 0 radical (unpaired) electrons. The Morgan fingerprint density at radius 3 is 2.89 bits per heavy atom. The van der Waals surface area contributed by atoms with Crippen molar-refractivity contribution in [1.29, 1.82) is 0 Å². The molecule has 1 aromatic carbocycles. The highest BCUT2D eigenvalue weighted by molar-refractivity contribution is 5.86. The number of nitrogens with zero attached hydrogens (tertiary/aromatic N) is 1. The molecule has 4 nitrogen and oxygen atoms in total. The van der Waals surface area contributed by atoms with Gasteiger partial charge >= 0.3 is 0 Å². The minimum Gasteiger partial charge on any atom is -0.489 e. The number of methoxy groups -OCH3 is 1. The summed E-state index contributed by atoms with van der Waals surface area (Å²) in [5, 5.41) is 10.6. The summed E-state index contributed by atoms with van der Waals surface area (Å²) in [6, 6.07) is 7.76. The van der Waals surface area contributed by atoms with Crippen molar-refractivity contribution in [3.05, 3.63) is 36.0 Å². The van der Waals surface area contributed by atoms with E-state index in [9.17, 15) is 5.11 Å². The van der Waals surface area contributed by atoms with Crippen molar-refractivity contribution < 1.29 is 14.6 Å². The van der Waals surface area contributed by atoms with Crippen LogP contribution in [0.2, 0.25) is 0 Å². The lowest BCUT2D eigenvalue weighted by atomic mass is 10.1. The van der Waals surface area contributed by atoms with E-state index in [0.717, 1.165) is 16.5 Å². The van der Waals surface area contributed by atoms with Crippen molar-refractivity contribution in [2.75, 3.05) is 20.3 Å². The lowest BCUT2D eigenvalue weighted by molar-refractivity contribution is 0.0329. The van der Waals surface area contributed by atoms with Gasteiger partial charge in [-0.3, -0.25) is 4.98 Å². The molecular weight excluding hydrogens is 230 g/mol. The van der Waals surface area contributed by atoms with Crippen molar-refractivity contribution in [3.63, 3.8) is 0 Å². The fraction of sp³-hybridized carbons (Fsp3) is 0.357. The Balaban J connectivity index is 2.21. The summed E-state index contributed by atoms with van der Waals surface area (Å²) in [5.41, 5.74) is 1.98. The number of benzene rings is 1. The molecule has 1 aromatic heterocycles. The summed E-state index contributed by atoms with van der Waals surface area (Å²) in [7, 11) is 1.55. The van der Waals surface area contributed by atoms with Crippen LogP contribution in [-0.4, -0.2) is 36.5 Å². The zero-order chi connectivity index (χ0) is 13.0. The fourth-order valence-corrected chi connectivity index (χ4v) is 1.83. The first kappa shape index (κ1) is 12.8. The van der Waals surface area contributed by atoms with Gasteiger partial charge in [-0.05, 0) is 24.6 Å². The normalized spacial score (nSPS) is 12.6. The summed E-state index contributed by atoms with van der Waals surface area (Å²) in [6.07, 6.45) is 1.13. The minimum atomic E-state index is -0.630. The lowest BCUT2D eigenvalue weighted by Gasteiger charge is -2.13. The molecule has 4 heteroatoms. The third kappa shape index (κ3) is 2.78. The molecule has 0 unspecified atom stereocenters. The minimum absolute atomic E-state index is 0.197. The van der Waals surface area contributed by atoms with E-state index in [2.05, 4.69) is 4.98 Å². The quantitative estimate of drug-likeness (QED) is 0.877. The molecule has 0 bridgehead atoms. The van der Waals surface area contributed by atoms with E-state index in [-0.39, 0.29) is 13.2 Å². The zero-order valence-electron chi connectivity index (χ0n) is 10.6. The van der Waals surface area contributed by atoms with Gasteiger partial charge in [-0.15, -0.1) is 0 Å².